The second kappa shape index (κ2) is 7.02. The van der Waals surface area contributed by atoms with Crippen molar-refractivity contribution in [3.63, 3.8) is 0 Å². The Hall–Kier alpha value is -1.43. The highest BCUT2D eigenvalue weighted by Crippen LogP contribution is 2.20. The van der Waals surface area contributed by atoms with Crippen LogP contribution < -0.4 is 5.73 Å². The summed E-state index contributed by atoms with van der Waals surface area (Å²) in [5.41, 5.74) is 6.46. The molecule has 1 saturated heterocycles. The molecule has 2 rings (SSSR count). The van der Waals surface area contributed by atoms with Gasteiger partial charge < -0.3 is 10.6 Å². The van der Waals surface area contributed by atoms with Gasteiger partial charge in [0.1, 0.15) is 0 Å². The largest absolute Gasteiger partial charge is 0.333 e. The van der Waals surface area contributed by atoms with Crippen LogP contribution in [0.3, 0.4) is 0 Å². The first-order chi connectivity index (χ1) is 9.99. The fourth-order valence-electron chi connectivity index (χ4n) is 2.80. The SMILES string of the molecule is CC(C)CCn1cc(C(=O)N2CCCCC2C(C)N)nn1. The summed E-state index contributed by atoms with van der Waals surface area (Å²) in [5, 5.41) is 8.11. The number of nitrogens with zero attached hydrogens (tertiary/aromatic N) is 4. The Morgan fingerprint density at radius 1 is 1.43 bits per heavy atom. The second-order valence-electron chi connectivity index (χ2n) is 6.47. The number of rotatable bonds is 5. The van der Waals surface area contributed by atoms with Crippen LogP contribution in [0.25, 0.3) is 0 Å². The van der Waals surface area contributed by atoms with Crippen molar-refractivity contribution in [1.29, 1.82) is 0 Å². The molecular weight excluding hydrogens is 266 g/mol. The van der Waals surface area contributed by atoms with E-state index in [9.17, 15) is 4.79 Å². The molecule has 6 heteroatoms. The average Bonchev–Trinajstić information content (AvgIpc) is 2.93. The maximum atomic E-state index is 12.6. The smallest absolute Gasteiger partial charge is 0.276 e. The van der Waals surface area contributed by atoms with Gasteiger partial charge in [0.05, 0.1) is 6.20 Å². The van der Waals surface area contributed by atoms with E-state index in [-0.39, 0.29) is 18.0 Å². The molecule has 2 atom stereocenters. The van der Waals surface area contributed by atoms with Gasteiger partial charge in [0.15, 0.2) is 5.69 Å². The summed E-state index contributed by atoms with van der Waals surface area (Å²) in [6, 6.07) is 0.109. The molecule has 2 N–H and O–H groups in total. The maximum Gasteiger partial charge on any atom is 0.276 e. The van der Waals surface area contributed by atoms with E-state index in [4.69, 9.17) is 5.73 Å². The molecule has 2 heterocycles. The molecule has 118 valence electrons. The van der Waals surface area contributed by atoms with Crippen LogP contribution in [0.1, 0.15) is 56.9 Å². The predicted molar refractivity (Wildman–Crippen MR) is 81.8 cm³/mol. The summed E-state index contributed by atoms with van der Waals surface area (Å²) < 4.78 is 1.76. The number of aryl methyl sites for hydroxylation is 1. The normalized spacial score (nSPS) is 20.8. The van der Waals surface area contributed by atoms with Crippen LogP contribution in [-0.4, -0.2) is 44.4 Å². The number of hydrogen-bond acceptors (Lipinski definition) is 4. The third-order valence-corrected chi connectivity index (χ3v) is 4.11. The molecule has 0 aromatic carbocycles. The van der Waals surface area contributed by atoms with Crippen LogP contribution >= 0.6 is 0 Å². The topological polar surface area (TPSA) is 77.0 Å². The summed E-state index contributed by atoms with van der Waals surface area (Å²) in [5.74, 6) is 0.575. The van der Waals surface area contributed by atoms with Gasteiger partial charge in [-0.2, -0.15) is 0 Å². The molecule has 1 aliphatic rings. The Morgan fingerprint density at radius 3 is 2.86 bits per heavy atom. The van der Waals surface area contributed by atoms with Crippen molar-refractivity contribution in [1.82, 2.24) is 19.9 Å². The van der Waals surface area contributed by atoms with E-state index in [0.29, 0.717) is 11.6 Å². The van der Waals surface area contributed by atoms with Crippen LogP contribution in [0.4, 0.5) is 0 Å². The molecule has 0 radical (unpaired) electrons. The third-order valence-electron chi connectivity index (χ3n) is 4.11. The molecule has 2 unspecified atom stereocenters. The molecule has 1 aliphatic heterocycles. The van der Waals surface area contributed by atoms with E-state index in [2.05, 4.69) is 24.2 Å². The second-order valence-corrected chi connectivity index (χ2v) is 6.47. The third kappa shape index (κ3) is 4.03. The van der Waals surface area contributed by atoms with E-state index >= 15 is 0 Å². The first-order valence-electron chi connectivity index (χ1n) is 7.95. The average molecular weight is 293 g/mol. The first-order valence-corrected chi connectivity index (χ1v) is 7.95. The number of hydrogen-bond donors (Lipinski definition) is 1. The molecule has 0 aliphatic carbocycles. The molecule has 0 spiro atoms. The Kier molecular flexibility index (Phi) is 5.33. The molecule has 21 heavy (non-hydrogen) atoms. The number of piperidine rings is 1. The summed E-state index contributed by atoms with van der Waals surface area (Å²) in [6.45, 7) is 7.88. The van der Waals surface area contributed by atoms with Gasteiger partial charge >= 0.3 is 0 Å². The molecule has 1 aromatic rings. The molecule has 0 saturated carbocycles. The van der Waals surface area contributed by atoms with Crippen molar-refractivity contribution in [2.45, 2.75) is 65.1 Å². The zero-order valence-corrected chi connectivity index (χ0v) is 13.3. The van der Waals surface area contributed by atoms with E-state index in [1.54, 1.807) is 10.9 Å². The minimum Gasteiger partial charge on any atom is -0.333 e. The number of likely N-dealkylation sites (tertiary alicyclic amines) is 1. The van der Waals surface area contributed by atoms with Crippen molar-refractivity contribution in [3.05, 3.63) is 11.9 Å². The number of carbonyl (C=O) groups is 1. The Bertz CT molecular complexity index is 468. The lowest BCUT2D eigenvalue weighted by molar-refractivity contribution is 0.0577. The van der Waals surface area contributed by atoms with E-state index in [1.165, 1.54) is 0 Å². The molecule has 1 fully saturated rings. The van der Waals surface area contributed by atoms with E-state index in [0.717, 1.165) is 38.8 Å². The zero-order chi connectivity index (χ0) is 15.4. The van der Waals surface area contributed by atoms with Crippen LogP contribution in [0.2, 0.25) is 0 Å². The van der Waals surface area contributed by atoms with Crippen LogP contribution in [0.5, 0.6) is 0 Å². The maximum absolute atomic E-state index is 12.6. The standard InChI is InChI=1S/C15H27N5O/c1-11(2)7-9-19-10-13(17-18-19)15(21)20-8-5-4-6-14(20)12(3)16/h10-12,14H,4-9,16H2,1-3H3. The van der Waals surface area contributed by atoms with Crippen molar-refractivity contribution in [3.8, 4) is 0 Å². The summed E-state index contributed by atoms with van der Waals surface area (Å²) in [6.07, 6.45) is 5.94. The number of aromatic nitrogens is 3. The minimum atomic E-state index is -0.0344. The fourth-order valence-corrected chi connectivity index (χ4v) is 2.80. The van der Waals surface area contributed by atoms with Gasteiger partial charge in [-0.25, -0.2) is 0 Å². The first kappa shape index (κ1) is 15.9. The van der Waals surface area contributed by atoms with Crippen LogP contribution in [-0.2, 0) is 6.54 Å². The van der Waals surface area contributed by atoms with Crippen molar-refractivity contribution in [2.24, 2.45) is 11.7 Å². The number of nitrogens with two attached hydrogens (primary N) is 1. The van der Waals surface area contributed by atoms with E-state index < -0.39 is 0 Å². The molecule has 1 amide bonds. The van der Waals surface area contributed by atoms with Gasteiger partial charge in [-0.1, -0.05) is 19.1 Å². The van der Waals surface area contributed by atoms with Gasteiger partial charge in [-0.3, -0.25) is 9.48 Å². The highest BCUT2D eigenvalue weighted by Gasteiger charge is 2.31. The molecule has 0 bridgehead atoms. The van der Waals surface area contributed by atoms with Gasteiger partial charge in [0.2, 0.25) is 0 Å². The Morgan fingerprint density at radius 2 is 2.19 bits per heavy atom. The van der Waals surface area contributed by atoms with Gasteiger partial charge in [-0.05, 0) is 38.5 Å². The molecular formula is C15H27N5O. The van der Waals surface area contributed by atoms with Crippen molar-refractivity contribution < 1.29 is 4.79 Å². The molecule has 1 aromatic heterocycles. The Labute approximate surface area is 126 Å². The monoisotopic (exact) mass is 293 g/mol. The minimum absolute atomic E-state index is 0.00904. The summed E-state index contributed by atoms with van der Waals surface area (Å²) in [4.78, 5) is 14.5. The number of amides is 1. The summed E-state index contributed by atoms with van der Waals surface area (Å²) in [7, 11) is 0. The Balaban J connectivity index is 2.04. The number of carbonyl (C=O) groups excluding carboxylic acids is 1. The van der Waals surface area contributed by atoms with Gasteiger partial charge in [0.25, 0.3) is 5.91 Å². The lowest BCUT2D eigenvalue weighted by atomic mass is 9.96. The molecule has 6 nitrogen and oxygen atoms in total. The van der Waals surface area contributed by atoms with Crippen molar-refractivity contribution >= 4 is 5.91 Å². The lowest BCUT2D eigenvalue weighted by Crippen LogP contribution is -2.51. The quantitative estimate of drug-likeness (QED) is 0.895. The van der Waals surface area contributed by atoms with Crippen LogP contribution in [0, 0.1) is 5.92 Å². The van der Waals surface area contributed by atoms with E-state index in [1.807, 2.05) is 11.8 Å². The predicted octanol–water partition coefficient (Wildman–Crippen LogP) is 1.67. The van der Waals surface area contributed by atoms with Crippen molar-refractivity contribution in [2.75, 3.05) is 6.54 Å². The lowest BCUT2D eigenvalue weighted by Gasteiger charge is -2.37. The highest BCUT2D eigenvalue weighted by molar-refractivity contribution is 5.92. The zero-order valence-electron chi connectivity index (χ0n) is 13.3. The fraction of sp³-hybridized carbons (Fsp3) is 0.800. The van der Waals surface area contributed by atoms with Crippen LogP contribution in [0.15, 0.2) is 6.20 Å². The highest BCUT2D eigenvalue weighted by atomic mass is 16.2. The summed E-state index contributed by atoms with van der Waals surface area (Å²) >= 11 is 0. The van der Waals surface area contributed by atoms with Gasteiger partial charge in [0, 0.05) is 25.2 Å². The van der Waals surface area contributed by atoms with Gasteiger partial charge in [-0.15, -0.1) is 5.10 Å².